The lowest BCUT2D eigenvalue weighted by molar-refractivity contribution is 0.413. The summed E-state index contributed by atoms with van der Waals surface area (Å²) in [4.78, 5) is 4.30. The Morgan fingerprint density at radius 3 is 2.56 bits per heavy atom. The zero-order chi connectivity index (χ0) is 22.2. The summed E-state index contributed by atoms with van der Waals surface area (Å²) in [5.74, 6) is 1.25. The lowest BCUT2D eigenvalue weighted by atomic mass is 10.0. The molecular formula is C25H22FN5O. The number of benzene rings is 2. The van der Waals surface area contributed by atoms with Crippen molar-refractivity contribution in [2.24, 2.45) is 0 Å². The molecule has 0 aliphatic carbocycles. The van der Waals surface area contributed by atoms with Gasteiger partial charge in [-0.1, -0.05) is 18.2 Å². The van der Waals surface area contributed by atoms with Crippen LogP contribution in [-0.4, -0.2) is 31.4 Å². The van der Waals surface area contributed by atoms with Gasteiger partial charge in [-0.15, -0.1) is 10.2 Å². The molecule has 6 nitrogen and oxygen atoms in total. The van der Waals surface area contributed by atoms with Gasteiger partial charge in [-0.05, 0) is 55.8 Å². The normalized spacial score (nSPS) is 12.2. The second-order valence-corrected chi connectivity index (χ2v) is 7.74. The second-order valence-electron chi connectivity index (χ2n) is 7.74. The zero-order valence-electron chi connectivity index (χ0n) is 18.0. The molecule has 1 aromatic heterocycles. The Bertz CT molecular complexity index is 1360. The van der Waals surface area contributed by atoms with Crippen molar-refractivity contribution in [3.8, 4) is 34.1 Å². The van der Waals surface area contributed by atoms with Crippen molar-refractivity contribution in [3.63, 3.8) is 0 Å². The molecule has 1 atom stereocenters. The maximum absolute atomic E-state index is 13.4. The fourth-order valence-electron chi connectivity index (χ4n) is 3.98. The molecule has 160 valence electrons. The Hall–Kier alpha value is -4.00. The summed E-state index contributed by atoms with van der Waals surface area (Å²) in [6.45, 7) is 4.01. The van der Waals surface area contributed by atoms with Gasteiger partial charge in [-0.2, -0.15) is 0 Å². The number of aromatic nitrogens is 5. The van der Waals surface area contributed by atoms with Crippen molar-refractivity contribution in [2.75, 3.05) is 7.11 Å². The number of fused-ring (bicyclic) bond motifs is 1. The van der Waals surface area contributed by atoms with Crippen LogP contribution >= 0.6 is 0 Å². The number of hydrogen-bond acceptors (Lipinski definition) is 4. The summed E-state index contributed by atoms with van der Waals surface area (Å²) in [6.07, 6.45) is 5.69. The number of methoxy groups -OCH3 is 1. The van der Waals surface area contributed by atoms with E-state index in [1.54, 1.807) is 25.6 Å². The average Bonchev–Trinajstić information content (AvgIpc) is 3.45. The van der Waals surface area contributed by atoms with E-state index in [1.165, 1.54) is 12.1 Å². The maximum atomic E-state index is 13.4. The summed E-state index contributed by atoms with van der Waals surface area (Å²) in [5, 5.41) is 8.97. The number of aryl methyl sites for hydroxylation is 1. The highest BCUT2D eigenvalue weighted by Gasteiger charge is 2.21. The third kappa shape index (κ3) is 3.41. The highest BCUT2D eigenvalue weighted by molar-refractivity contribution is 5.80. The van der Waals surface area contributed by atoms with Crippen LogP contribution in [0, 0.1) is 12.7 Å². The van der Waals surface area contributed by atoms with Gasteiger partial charge in [0.15, 0.2) is 5.82 Å². The van der Waals surface area contributed by atoms with E-state index in [0.29, 0.717) is 0 Å². The number of pyridine rings is 1. The summed E-state index contributed by atoms with van der Waals surface area (Å²) in [6, 6.07) is 16.5. The highest BCUT2D eigenvalue weighted by Crippen LogP contribution is 2.36. The molecule has 0 saturated heterocycles. The van der Waals surface area contributed by atoms with E-state index in [0.717, 1.165) is 45.3 Å². The molecule has 2 aliphatic heterocycles. The van der Waals surface area contributed by atoms with Crippen LogP contribution in [0.5, 0.6) is 5.75 Å². The molecule has 0 unspecified atom stereocenters. The van der Waals surface area contributed by atoms with Crippen molar-refractivity contribution >= 4 is 0 Å². The van der Waals surface area contributed by atoms with E-state index in [1.807, 2.05) is 54.2 Å². The molecule has 7 heteroatoms. The molecule has 2 aliphatic rings. The Labute approximate surface area is 185 Å². The Morgan fingerprint density at radius 2 is 1.84 bits per heavy atom. The Kier molecular flexibility index (Phi) is 4.93. The van der Waals surface area contributed by atoms with Crippen molar-refractivity contribution in [1.82, 2.24) is 24.3 Å². The molecule has 3 heterocycles. The topological polar surface area (TPSA) is 57.8 Å². The van der Waals surface area contributed by atoms with Crippen molar-refractivity contribution in [3.05, 3.63) is 90.4 Å². The maximum Gasteiger partial charge on any atom is 0.165 e. The van der Waals surface area contributed by atoms with Gasteiger partial charge in [0.25, 0.3) is 0 Å². The average molecular weight is 427 g/mol. The van der Waals surface area contributed by atoms with Crippen LogP contribution in [0.15, 0.2) is 73.3 Å². The first-order valence-corrected chi connectivity index (χ1v) is 10.3. The summed E-state index contributed by atoms with van der Waals surface area (Å²) >= 11 is 0. The van der Waals surface area contributed by atoms with E-state index in [-0.39, 0.29) is 11.9 Å². The van der Waals surface area contributed by atoms with Crippen molar-refractivity contribution in [2.45, 2.75) is 19.9 Å². The number of halogens is 1. The van der Waals surface area contributed by atoms with E-state index in [9.17, 15) is 4.39 Å². The molecule has 3 aromatic rings. The van der Waals surface area contributed by atoms with Gasteiger partial charge in [0.2, 0.25) is 0 Å². The number of hydrogen-bond donors (Lipinski definition) is 0. The first-order chi connectivity index (χ1) is 15.5. The minimum Gasteiger partial charge on any atom is -0.495 e. The minimum absolute atomic E-state index is 0.0229. The molecular weight excluding hydrogens is 405 g/mol. The third-order valence-corrected chi connectivity index (χ3v) is 5.71. The number of rotatable bonds is 5. The van der Waals surface area contributed by atoms with Crippen LogP contribution in [0.3, 0.4) is 0 Å². The molecule has 0 amide bonds. The SMILES string of the molecule is COc1cc(-c2nnc3n([C@@H](C)c4ccc(F)cc4)cccc2-3)ccc1-n1cnc(C)c1. The molecule has 5 rings (SSSR count). The summed E-state index contributed by atoms with van der Waals surface area (Å²) in [5.41, 5.74) is 5.47. The van der Waals surface area contributed by atoms with Gasteiger partial charge < -0.3 is 13.9 Å². The first kappa shape index (κ1) is 19.9. The van der Waals surface area contributed by atoms with E-state index in [2.05, 4.69) is 26.7 Å². The largest absolute Gasteiger partial charge is 0.495 e. The molecule has 2 aromatic carbocycles. The quantitative estimate of drug-likeness (QED) is 0.382. The van der Waals surface area contributed by atoms with Crippen LogP contribution in [0.2, 0.25) is 0 Å². The number of ether oxygens (including phenoxy) is 1. The van der Waals surface area contributed by atoms with Crippen LogP contribution in [0.4, 0.5) is 4.39 Å². The molecule has 0 radical (unpaired) electrons. The van der Waals surface area contributed by atoms with E-state index < -0.39 is 0 Å². The predicted molar refractivity (Wildman–Crippen MR) is 121 cm³/mol. The van der Waals surface area contributed by atoms with Crippen LogP contribution in [-0.2, 0) is 0 Å². The van der Waals surface area contributed by atoms with Crippen molar-refractivity contribution < 1.29 is 9.13 Å². The highest BCUT2D eigenvalue weighted by atomic mass is 19.1. The molecule has 0 saturated carbocycles. The van der Waals surface area contributed by atoms with Crippen molar-refractivity contribution in [1.29, 1.82) is 0 Å². The van der Waals surface area contributed by atoms with Gasteiger partial charge in [0.1, 0.15) is 17.3 Å². The molecule has 0 fully saturated rings. The smallest absolute Gasteiger partial charge is 0.165 e. The molecule has 32 heavy (non-hydrogen) atoms. The zero-order valence-corrected chi connectivity index (χ0v) is 18.0. The minimum atomic E-state index is -0.247. The van der Waals surface area contributed by atoms with E-state index >= 15 is 0 Å². The van der Waals surface area contributed by atoms with Crippen LogP contribution in [0.1, 0.15) is 24.2 Å². The Morgan fingerprint density at radius 1 is 1.03 bits per heavy atom. The van der Waals surface area contributed by atoms with Gasteiger partial charge in [-0.3, -0.25) is 0 Å². The second kappa shape index (κ2) is 7.92. The lowest BCUT2D eigenvalue weighted by Gasteiger charge is -2.19. The van der Waals surface area contributed by atoms with Crippen LogP contribution < -0.4 is 4.74 Å². The van der Waals surface area contributed by atoms with Gasteiger partial charge >= 0.3 is 0 Å². The lowest BCUT2D eigenvalue weighted by Crippen LogP contribution is -2.10. The standard InChI is InChI=1S/C25H22FN5O/c1-16-14-30(15-27-16)22-11-8-19(13-23(22)32-3)24-21-5-4-12-31(25(21)29-28-24)17(2)18-6-9-20(26)10-7-18/h4-15,17H,1-3H3/t17-/m0/s1. The summed E-state index contributed by atoms with van der Waals surface area (Å²) < 4.78 is 23.0. The molecule has 0 N–H and O–H groups in total. The fourth-order valence-corrected chi connectivity index (χ4v) is 3.98. The number of nitrogens with zero attached hydrogens (tertiary/aromatic N) is 5. The van der Waals surface area contributed by atoms with E-state index in [4.69, 9.17) is 4.74 Å². The van der Waals surface area contributed by atoms with Crippen LogP contribution in [0.25, 0.3) is 28.3 Å². The van der Waals surface area contributed by atoms with Gasteiger partial charge in [0.05, 0.1) is 30.9 Å². The molecule has 0 spiro atoms. The fraction of sp³-hybridized carbons (Fsp3) is 0.160. The predicted octanol–water partition coefficient (Wildman–Crippen LogP) is 5.30. The van der Waals surface area contributed by atoms with Gasteiger partial charge in [-0.25, -0.2) is 9.37 Å². The Balaban J connectivity index is 1.53. The number of imidazole rings is 1. The third-order valence-electron chi connectivity index (χ3n) is 5.71. The monoisotopic (exact) mass is 427 g/mol. The first-order valence-electron chi connectivity index (χ1n) is 10.3. The van der Waals surface area contributed by atoms with Gasteiger partial charge in [0, 0.05) is 23.5 Å². The molecule has 0 bridgehead atoms. The summed E-state index contributed by atoms with van der Waals surface area (Å²) in [7, 11) is 1.65.